The summed E-state index contributed by atoms with van der Waals surface area (Å²) < 4.78 is 10.7. The van der Waals surface area contributed by atoms with Crippen molar-refractivity contribution in [2.45, 2.75) is 18.8 Å². The Hall–Kier alpha value is -2.04. The standard InChI is InChI=1S/C15H19NO4/c1-16(2)13(18)8-9-7-11(17)10-5-6-12(19-3)15(20-4)14(9)10/h5-6,9H,7-8H2,1-4H3. The lowest BCUT2D eigenvalue weighted by molar-refractivity contribution is -0.129. The molecule has 2 rings (SSSR count). The zero-order valence-corrected chi connectivity index (χ0v) is 12.2. The monoisotopic (exact) mass is 277 g/mol. The lowest BCUT2D eigenvalue weighted by Gasteiger charge is -2.18. The van der Waals surface area contributed by atoms with E-state index in [-0.39, 0.29) is 17.6 Å². The Morgan fingerprint density at radius 1 is 1.30 bits per heavy atom. The first kappa shape index (κ1) is 14.4. The van der Waals surface area contributed by atoms with Crippen molar-refractivity contribution in [3.05, 3.63) is 23.3 Å². The molecule has 5 heteroatoms. The molecule has 0 saturated carbocycles. The fourth-order valence-electron chi connectivity index (χ4n) is 2.60. The SMILES string of the molecule is COc1ccc2c(c1OC)C(CC(=O)N(C)C)CC2=O. The van der Waals surface area contributed by atoms with E-state index in [1.165, 1.54) is 4.90 Å². The Labute approximate surface area is 118 Å². The van der Waals surface area contributed by atoms with Crippen molar-refractivity contribution in [3.63, 3.8) is 0 Å². The van der Waals surface area contributed by atoms with Gasteiger partial charge in [-0.2, -0.15) is 0 Å². The van der Waals surface area contributed by atoms with Crippen LogP contribution in [0.4, 0.5) is 0 Å². The number of fused-ring (bicyclic) bond motifs is 1. The second-order valence-corrected chi connectivity index (χ2v) is 5.08. The summed E-state index contributed by atoms with van der Waals surface area (Å²) in [6.45, 7) is 0. The molecule has 1 aromatic rings. The number of rotatable bonds is 4. The number of Topliss-reactive ketones (excluding diaryl/α,β-unsaturated/α-hetero) is 1. The smallest absolute Gasteiger partial charge is 0.222 e. The quantitative estimate of drug-likeness (QED) is 0.843. The molecule has 1 unspecified atom stereocenters. The first-order chi connectivity index (χ1) is 9.49. The number of amides is 1. The molecule has 5 nitrogen and oxygen atoms in total. The van der Waals surface area contributed by atoms with Crippen LogP contribution in [0.5, 0.6) is 11.5 Å². The number of hydrogen-bond acceptors (Lipinski definition) is 4. The predicted octanol–water partition coefficient (Wildman–Crippen LogP) is 1.85. The number of carbonyl (C=O) groups is 2. The predicted molar refractivity (Wildman–Crippen MR) is 74.5 cm³/mol. The Balaban J connectivity index is 2.44. The largest absolute Gasteiger partial charge is 0.493 e. The summed E-state index contributed by atoms with van der Waals surface area (Å²) in [4.78, 5) is 25.5. The third-order valence-electron chi connectivity index (χ3n) is 3.64. The molecule has 108 valence electrons. The van der Waals surface area contributed by atoms with E-state index < -0.39 is 0 Å². The van der Waals surface area contributed by atoms with Crippen molar-refractivity contribution in [3.8, 4) is 11.5 Å². The van der Waals surface area contributed by atoms with Gasteiger partial charge in [-0.15, -0.1) is 0 Å². The van der Waals surface area contributed by atoms with E-state index in [1.807, 2.05) is 0 Å². The topological polar surface area (TPSA) is 55.8 Å². The number of nitrogens with zero attached hydrogens (tertiary/aromatic N) is 1. The van der Waals surface area contributed by atoms with Crippen molar-refractivity contribution in [1.82, 2.24) is 4.90 Å². The number of benzene rings is 1. The lowest BCUT2D eigenvalue weighted by Crippen LogP contribution is -2.23. The number of carbonyl (C=O) groups excluding carboxylic acids is 2. The maximum atomic E-state index is 12.1. The second-order valence-electron chi connectivity index (χ2n) is 5.08. The molecule has 0 aromatic heterocycles. The van der Waals surface area contributed by atoms with E-state index in [9.17, 15) is 9.59 Å². The average Bonchev–Trinajstić information content (AvgIpc) is 2.74. The second kappa shape index (κ2) is 5.53. The molecule has 0 fully saturated rings. The summed E-state index contributed by atoms with van der Waals surface area (Å²) in [6.07, 6.45) is 0.647. The molecule has 0 heterocycles. The van der Waals surface area contributed by atoms with Gasteiger partial charge in [0.1, 0.15) is 0 Å². The van der Waals surface area contributed by atoms with Gasteiger partial charge in [-0.1, -0.05) is 0 Å². The molecule has 1 amide bonds. The van der Waals surface area contributed by atoms with Crippen molar-refractivity contribution in [2.75, 3.05) is 28.3 Å². The van der Waals surface area contributed by atoms with Crippen LogP contribution in [0, 0.1) is 0 Å². The lowest BCUT2D eigenvalue weighted by atomic mass is 9.96. The average molecular weight is 277 g/mol. The van der Waals surface area contributed by atoms with E-state index in [4.69, 9.17) is 9.47 Å². The van der Waals surface area contributed by atoms with Gasteiger partial charge in [0.25, 0.3) is 0 Å². The van der Waals surface area contributed by atoms with Crippen LogP contribution in [0.1, 0.15) is 34.7 Å². The van der Waals surface area contributed by atoms with Gasteiger partial charge in [-0.3, -0.25) is 9.59 Å². The maximum Gasteiger partial charge on any atom is 0.222 e. The third-order valence-corrected chi connectivity index (χ3v) is 3.64. The van der Waals surface area contributed by atoms with Gasteiger partial charge in [0.15, 0.2) is 17.3 Å². The van der Waals surface area contributed by atoms with Gasteiger partial charge in [0, 0.05) is 44.0 Å². The van der Waals surface area contributed by atoms with Crippen LogP contribution >= 0.6 is 0 Å². The van der Waals surface area contributed by atoms with Gasteiger partial charge in [-0.05, 0) is 12.1 Å². The van der Waals surface area contributed by atoms with Crippen LogP contribution in [0.3, 0.4) is 0 Å². The molecule has 0 bridgehead atoms. The molecule has 0 saturated heterocycles. The zero-order chi connectivity index (χ0) is 14.9. The highest BCUT2D eigenvalue weighted by atomic mass is 16.5. The van der Waals surface area contributed by atoms with E-state index >= 15 is 0 Å². The fourth-order valence-corrected chi connectivity index (χ4v) is 2.60. The van der Waals surface area contributed by atoms with Gasteiger partial charge in [0.2, 0.25) is 5.91 Å². The Morgan fingerprint density at radius 2 is 2.00 bits per heavy atom. The minimum atomic E-state index is -0.141. The minimum absolute atomic E-state index is 0.000484. The maximum absolute atomic E-state index is 12.1. The third kappa shape index (κ3) is 2.35. The highest BCUT2D eigenvalue weighted by molar-refractivity contribution is 6.03. The van der Waals surface area contributed by atoms with E-state index in [1.54, 1.807) is 40.4 Å². The molecule has 0 spiro atoms. The molecule has 1 aliphatic carbocycles. The number of ether oxygens (including phenoxy) is 2. The summed E-state index contributed by atoms with van der Waals surface area (Å²) >= 11 is 0. The zero-order valence-electron chi connectivity index (χ0n) is 12.2. The molecule has 0 N–H and O–H groups in total. The summed E-state index contributed by atoms with van der Waals surface area (Å²) in [5.74, 6) is 1.06. The van der Waals surface area contributed by atoms with Gasteiger partial charge < -0.3 is 14.4 Å². The summed E-state index contributed by atoms with van der Waals surface area (Å²) in [5.41, 5.74) is 1.44. The van der Waals surface area contributed by atoms with Gasteiger partial charge in [-0.25, -0.2) is 0 Å². The van der Waals surface area contributed by atoms with Crippen molar-refractivity contribution in [2.24, 2.45) is 0 Å². The van der Waals surface area contributed by atoms with Crippen LogP contribution in [0.25, 0.3) is 0 Å². The fraction of sp³-hybridized carbons (Fsp3) is 0.467. The van der Waals surface area contributed by atoms with Crippen molar-refractivity contribution < 1.29 is 19.1 Å². The number of hydrogen-bond donors (Lipinski definition) is 0. The summed E-state index contributed by atoms with van der Waals surface area (Å²) in [6, 6.07) is 3.48. The van der Waals surface area contributed by atoms with Gasteiger partial charge in [0.05, 0.1) is 14.2 Å². The molecular weight excluding hydrogens is 258 g/mol. The van der Waals surface area contributed by atoms with Gasteiger partial charge >= 0.3 is 0 Å². The Morgan fingerprint density at radius 3 is 2.55 bits per heavy atom. The first-order valence-electron chi connectivity index (χ1n) is 6.47. The molecule has 1 aliphatic rings. The number of ketones is 1. The Kier molecular flexibility index (Phi) is 3.97. The highest BCUT2D eigenvalue weighted by Gasteiger charge is 2.35. The molecule has 20 heavy (non-hydrogen) atoms. The Bertz CT molecular complexity index is 551. The molecule has 1 atom stereocenters. The molecule has 0 radical (unpaired) electrons. The van der Waals surface area contributed by atoms with Crippen molar-refractivity contribution in [1.29, 1.82) is 0 Å². The van der Waals surface area contributed by atoms with Crippen molar-refractivity contribution >= 4 is 11.7 Å². The number of methoxy groups -OCH3 is 2. The highest BCUT2D eigenvalue weighted by Crippen LogP contribution is 2.45. The molecule has 0 aliphatic heterocycles. The van der Waals surface area contributed by atoms with Crippen LogP contribution in [0.2, 0.25) is 0 Å². The summed E-state index contributed by atoms with van der Waals surface area (Å²) in [7, 11) is 6.53. The first-order valence-corrected chi connectivity index (χ1v) is 6.47. The van der Waals surface area contributed by atoms with Crippen LogP contribution in [-0.4, -0.2) is 44.9 Å². The molecule has 1 aromatic carbocycles. The van der Waals surface area contributed by atoms with E-state index in [0.29, 0.717) is 29.9 Å². The minimum Gasteiger partial charge on any atom is -0.493 e. The van der Waals surface area contributed by atoms with Crippen LogP contribution in [-0.2, 0) is 4.79 Å². The van der Waals surface area contributed by atoms with E-state index in [2.05, 4.69) is 0 Å². The van der Waals surface area contributed by atoms with E-state index in [0.717, 1.165) is 5.56 Å². The van der Waals surface area contributed by atoms with Crippen LogP contribution in [0.15, 0.2) is 12.1 Å². The normalized spacial score (nSPS) is 16.8. The summed E-state index contributed by atoms with van der Waals surface area (Å²) in [5, 5.41) is 0. The molecular formula is C15H19NO4. The van der Waals surface area contributed by atoms with Crippen LogP contribution < -0.4 is 9.47 Å².